The van der Waals surface area contributed by atoms with Crippen LogP contribution in [-0.2, 0) is 0 Å². The molecule has 124 valence electrons. The van der Waals surface area contributed by atoms with Crippen LogP contribution in [0.25, 0.3) is 5.65 Å². The Labute approximate surface area is 140 Å². The summed E-state index contributed by atoms with van der Waals surface area (Å²) in [5.41, 5.74) is 1.73. The smallest absolute Gasteiger partial charge is 0.177 e. The van der Waals surface area contributed by atoms with Gasteiger partial charge in [-0.25, -0.2) is 0 Å². The molecule has 24 heavy (non-hydrogen) atoms. The number of aliphatic hydroxyl groups excluding tert-OH is 1. The molecular weight excluding hydrogens is 304 g/mol. The third-order valence-electron chi connectivity index (χ3n) is 4.46. The molecule has 2 aromatic heterocycles. The van der Waals surface area contributed by atoms with Crippen LogP contribution in [0, 0.1) is 0 Å². The van der Waals surface area contributed by atoms with Crippen LogP contribution in [0.1, 0.15) is 11.7 Å². The molecule has 0 aliphatic carbocycles. The maximum Gasteiger partial charge on any atom is 0.177 e. The summed E-state index contributed by atoms with van der Waals surface area (Å²) >= 11 is 0. The number of fused-ring (bicyclic) bond motifs is 1. The predicted molar refractivity (Wildman–Crippen MR) is 90.8 cm³/mol. The first kappa shape index (κ1) is 15.0. The van der Waals surface area contributed by atoms with Gasteiger partial charge in [0.25, 0.3) is 0 Å². The van der Waals surface area contributed by atoms with Gasteiger partial charge in [-0.15, -0.1) is 15.3 Å². The summed E-state index contributed by atoms with van der Waals surface area (Å²) in [6.07, 6.45) is 1.18. The molecule has 1 aromatic carbocycles. The molecular formula is C17H20N6O. The van der Waals surface area contributed by atoms with E-state index in [0.717, 1.165) is 43.2 Å². The highest BCUT2D eigenvalue weighted by molar-refractivity contribution is 5.45. The summed E-state index contributed by atoms with van der Waals surface area (Å²) in [6.45, 7) is 4.26. The molecule has 0 amide bonds. The Balaban J connectivity index is 1.36. The molecule has 0 unspecified atom stereocenters. The van der Waals surface area contributed by atoms with E-state index < -0.39 is 6.10 Å². The summed E-state index contributed by atoms with van der Waals surface area (Å²) in [5.74, 6) is 0.936. The Bertz CT molecular complexity index is 797. The van der Waals surface area contributed by atoms with Crippen molar-refractivity contribution in [3.63, 3.8) is 0 Å². The second kappa shape index (κ2) is 6.54. The highest BCUT2D eigenvalue weighted by atomic mass is 16.3. The van der Waals surface area contributed by atoms with Gasteiger partial charge in [-0.2, -0.15) is 4.52 Å². The molecule has 7 heteroatoms. The number of piperazine rings is 1. The van der Waals surface area contributed by atoms with E-state index >= 15 is 0 Å². The second-order valence-electron chi connectivity index (χ2n) is 6.04. The van der Waals surface area contributed by atoms with Crippen LogP contribution >= 0.6 is 0 Å². The third-order valence-corrected chi connectivity index (χ3v) is 4.46. The van der Waals surface area contributed by atoms with Crippen molar-refractivity contribution in [2.75, 3.05) is 37.6 Å². The standard InChI is InChI=1S/C17H20N6O/c24-15(14-4-2-1-3-5-14)12-21-8-10-22(11-9-21)17-7-6-16-19-18-13-23(16)20-17/h1-7,13,15,24H,8-12H2/t15-/m0/s1. The summed E-state index contributed by atoms with van der Waals surface area (Å²) in [7, 11) is 0. The minimum Gasteiger partial charge on any atom is -0.387 e. The van der Waals surface area contributed by atoms with Crippen LogP contribution in [0.4, 0.5) is 5.82 Å². The van der Waals surface area contributed by atoms with E-state index in [1.54, 1.807) is 10.8 Å². The number of aliphatic hydroxyl groups is 1. The first-order chi connectivity index (χ1) is 11.8. The van der Waals surface area contributed by atoms with Gasteiger partial charge >= 0.3 is 0 Å². The molecule has 1 fully saturated rings. The van der Waals surface area contributed by atoms with E-state index in [1.165, 1.54) is 0 Å². The number of anilines is 1. The summed E-state index contributed by atoms with van der Waals surface area (Å²) in [4.78, 5) is 4.55. The zero-order valence-electron chi connectivity index (χ0n) is 13.4. The molecule has 7 nitrogen and oxygen atoms in total. The first-order valence-corrected chi connectivity index (χ1v) is 8.17. The Morgan fingerprint density at radius 1 is 1.00 bits per heavy atom. The van der Waals surface area contributed by atoms with E-state index in [9.17, 15) is 5.11 Å². The monoisotopic (exact) mass is 324 g/mol. The summed E-state index contributed by atoms with van der Waals surface area (Å²) in [6, 6.07) is 13.7. The largest absolute Gasteiger partial charge is 0.387 e. The van der Waals surface area contributed by atoms with Gasteiger partial charge in [-0.05, 0) is 17.7 Å². The maximum atomic E-state index is 10.4. The van der Waals surface area contributed by atoms with Gasteiger partial charge in [0.1, 0.15) is 12.1 Å². The predicted octanol–water partition coefficient (Wildman–Crippen LogP) is 0.980. The molecule has 0 saturated carbocycles. The Morgan fingerprint density at radius 3 is 2.58 bits per heavy atom. The molecule has 0 radical (unpaired) electrons. The van der Waals surface area contributed by atoms with Crippen LogP contribution in [0.2, 0.25) is 0 Å². The highest BCUT2D eigenvalue weighted by Crippen LogP contribution is 2.17. The van der Waals surface area contributed by atoms with Crippen LogP contribution in [0.3, 0.4) is 0 Å². The Hall–Kier alpha value is -2.51. The molecule has 0 bridgehead atoms. The quantitative estimate of drug-likeness (QED) is 0.771. The van der Waals surface area contributed by atoms with Crippen molar-refractivity contribution in [3.05, 3.63) is 54.4 Å². The molecule has 3 heterocycles. The van der Waals surface area contributed by atoms with E-state index in [1.807, 2.05) is 42.5 Å². The topological polar surface area (TPSA) is 69.8 Å². The molecule has 4 rings (SSSR count). The fraction of sp³-hybridized carbons (Fsp3) is 0.353. The van der Waals surface area contributed by atoms with Crippen molar-refractivity contribution < 1.29 is 5.11 Å². The second-order valence-corrected chi connectivity index (χ2v) is 6.04. The number of benzene rings is 1. The average Bonchev–Trinajstić information content (AvgIpc) is 3.11. The van der Waals surface area contributed by atoms with E-state index in [-0.39, 0.29) is 0 Å². The lowest BCUT2D eigenvalue weighted by molar-refractivity contribution is 0.109. The van der Waals surface area contributed by atoms with Gasteiger partial charge in [-0.3, -0.25) is 4.90 Å². The van der Waals surface area contributed by atoms with Gasteiger partial charge in [0, 0.05) is 32.7 Å². The molecule has 3 aromatic rings. The van der Waals surface area contributed by atoms with E-state index in [4.69, 9.17) is 0 Å². The minimum atomic E-state index is -0.441. The van der Waals surface area contributed by atoms with Gasteiger partial charge in [0.15, 0.2) is 5.65 Å². The van der Waals surface area contributed by atoms with Crippen molar-refractivity contribution in [3.8, 4) is 0 Å². The molecule has 1 aliphatic heterocycles. The van der Waals surface area contributed by atoms with Crippen LogP contribution < -0.4 is 4.90 Å². The maximum absolute atomic E-state index is 10.4. The lowest BCUT2D eigenvalue weighted by atomic mass is 10.1. The number of hydrogen-bond acceptors (Lipinski definition) is 6. The molecule has 1 aliphatic rings. The van der Waals surface area contributed by atoms with E-state index in [2.05, 4.69) is 25.1 Å². The zero-order valence-corrected chi connectivity index (χ0v) is 13.4. The molecule has 1 saturated heterocycles. The fourth-order valence-electron chi connectivity index (χ4n) is 3.07. The third kappa shape index (κ3) is 3.08. The SMILES string of the molecule is O[C@@H](CN1CCN(c2ccc3nncn3n2)CC1)c1ccccc1. The minimum absolute atomic E-state index is 0.441. The van der Waals surface area contributed by atoms with Crippen LogP contribution in [0.5, 0.6) is 0 Å². The van der Waals surface area contributed by atoms with Crippen LogP contribution in [0.15, 0.2) is 48.8 Å². The average molecular weight is 324 g/mol. The molecule has 1 atom stereocenters. The van der Waals surface area contributed by atoms with Crippen molar-refractivity contribution in [2.24, 2.45) is 0 Å². The van der Waals surface area contributed by atoms with E-state index in [0.29, 0.717) is 6.54 Å². The number of hydrogen-bond donors (Lipinski definition) is 1. The Morgan fingerprint density at radius 2 is 1.79 bits per heavy atom. The number of aromatic nitrogens is 4. The number of β-amino-alcohol motifs (C(OH)–C–C–N with tert-alkyl or cyclic N) is 1. The highest BCUT2D eigenvalue weighted by Gasteiger charge is 2.21. The Kier molecular flexibility index (Phi) is 4.10. The normalized spacial score (nSPS) is 17.3. The number of nitrogens with zero attached hydrogens (tertiary/aromatic N) is 6. The molecule has 1 N–H and O–H groups in total. The van der Waals surface area contributed by atoms with Gasteiger partial charge in [0.05, 0.1) is 6.10 Å². The van der Waals surface area contributed by atoms with Gasteiger partial charge in [0.2, 0.25) is 0 Å². The van der Waals surface area contributed by atoms with Gasteiger partial charge < -0.3 is 10.0 Å². The van der Waals surface area contributed by atoms with Crippen molar-refractivity contribution in [1.29, 1.82) is 0 Å². The van der Waals surface area contributed by atoms with Gasteiger partial charge in [-0.1, -0.05) is 30.3 Å². The lowest BCUT2D eigenvalue weighted by Crippen LogP contribution is -2.47. The van der Waals surface area contributed by atoms with Crippen molar-refractivity contribution >= 4 is 11.5 Å². The summed E-state index contributed by atoms with van der Waals surface area (Å²) in [5, 5.41) is 22.7. The summed E-state index contributed by atoms with van der Waals surface area (Å²) < 4.78 is 1.70. The van der Waals surface area contributed by atoms with Crippen molar-refractivity contribution in [2.45, 2.75) is 6.10 Å². The van der Waals surface area contributed by atoms with Crippen molar-refractivity contribution in [1.82, 2.24) is 24.7 Å². The number of rotatable bonds is 4. The first-order valence-electron chi connectivity index (χ1n) is 8.17. The fourth-order valence-corrected chi connectivity index (χ4v) is 3.07. The lowest BCUT2D eigenvalue weighted by Gasteiger charge is -2.36. The molecule has 0 spiro atoms. The van der Waals surface area contributed by atoms with Crippen LogP contribution in [-0.4, -0.2) is 62.5 Å². The zero-order chi connectivity index (χ0) is 16.4.